The normalized spacial score (nSPS) is 21.2. The van der Waals surface area contributed by atoms with Crippen molar-refractivity contribution in [2.24, 2.45) is 5.92 Å². The molecule has 0 saturated carbocycles. The molecule has 2 aromatic rings. The number of nitrogens with zero attached hydrogens (tertiary/aromatic N) is 4. The minimum absolute atomic E-state index is 0.0652. The molecule has 0 radical (unpaired) electrons. The maximum atomic E-state index is 13.2. The third kappa shape index (κ3) is 6.70. The number of fused-ring (bicyclic) bond motifs is 1. The van der Waals surface area contributed by atoms with Gasteiger partial charge in [0.15, 0.2) is 0 Å². The average Bonchev–Trinajstić information content (AvgIpc) is 3.30. The quantitative estimate of drug-likeness (QED) is 0.281. The number of nitrogens with one attached hydrogen (secondary N) is 1. The van der Waals surface area contributed by atoms with Gasteiger partial charge in [0, 0.05) is 63.6 Å². The van der Waals surface area contributed by atoms with Crippen LogP contribution in [0.15, 0.2) is 42.5 Å². The van der Waals surface area contributed by atoms with Crippen molar-refractivity contribution in [3.05, 3.63) is 59.2 Å². The first-order valence-corrected chi connectivity index (χ1v) is 15.4. The Balaban J connectivity index is 0.970. The number of piperidine rings is 2. The molecule has 4 heterocycles. The summed E-state index contributed by atoms with van der Waals surface area (Å²) < 4.78 is 41.0. The minimum atomic E-state index is -5.24. The first kappa shape index (κ1) is 32.2. The van der Waals surface area contributed by atoms with Crippen LogP contribution in [0.4, 0.5) is 24.5 Å². The van der Waals surface area contributed by atoms with Crippen molar-refractivity contribution in [2.75, 3.05) is 55.6 Å². The van der Waals surface area contributed by atoms with Crippen LogP contribution in [-0.4, -0.2) is 103 Å². The number of benzene rings is 2. The van der Waals surface area contributed by atoms with Crippen LogP contribution >= 0.6 is 0 Å². The van der Waals surface area contributed by atoms with Crippen LogP contribution in [0.2, 0.25) is 0 Å². The fraction of sp³-hybridized carbons (Fsp3) is 0.438. The number of carbonyl (C=O) groups excluding carboxylic acids is 6. The summed E-state index contributed by atoms with van der Waals surface area (Å²) in [4.78, 5) is 80.6. The number of imide groups is 2. The maximum Gasteiger partial charge on any atom is 0.491 e. The number of rotatable bonds is 6. The monoisotopic (exact) mass is 655 g/mol. The van der Waals surface area contributed by atoms with Crippen molar-refractivity contribution in [3.8, 4) is 0 Å². The van der Waals surface area contributed by atoms with Crippen molar-refractivity contribution >= 4 is 46.9 Å². The summed E-state index contributed by atoms with van der Waals surface area (Å²) in [5.74, 6) is -5.54. The molecule has 3 saturated heterocycles. The van der Waals surface area contributed by atoms with Crippen molar-refractivity contribution in [3.63, 3.8) is 0 Å². The van der Waals surface area contributed by atoms with Crippen LogP contribution in [0.25, 0.3) is 0 Å². The van der Waals surface area contributed by atoms with Gasteiger partial charge in [0.05, 0.1) is 16.7 Å². The number of amides is 4. The molecule has 4 amide bonds. The number of hydrogen-bond acceptors (Lipinski definition) is 10. The molecule has 6 rings (SSSR count). The highest BCUT2D eigenvalue weighted by Gasteiger charge is 2.45. The number of carbonyl (C=O) groups is 6. The van der Waals surface area contributed by atoms with Crippen molar-refractivity contribution in [1.82, 2.24) is 15.1 Å². The second kappa shape index (κ2) is 12.8. The predicted molar refractivity (Wildman–Crippen MR) is 160 cm³/mol. The average molecular weight is 656 g/mol. The molecule has 15 heteroatoms. The second-order valence-electron chi connectivity index (χ2n) is 12.1. The molecule has 47 heavy (non-hydrogen) atoms. The molecule has 0 bridgehead atoms. The smallest absolute Gasteiger partial charge is 0.383 e. The summed E-state index contributed by atoms with van der Waals surface area (Å²) in [5, 5.41) is 2.20. The van der Waals surface area contributed by atoms with E-state index in [1.54, 1.807) is 24.3 Å². The van der Waals surface area contributed by atoms with Gasteiger partial charge in [-0.25, -0.2) is 9.59 Å². The van der Waals surface area contributed by atoms with Gasteiger partial charge in [-0.05, 0) is 67.6 Å². The Kier molecular flexibility index (Phi) is 8.74. The number of esters is 2. The van der Waals surface area contributed by atoms with Crippen LogP contribution in [-0.2, 0) is 19.1 Å². The lowest BCUT2D eigenvalue weighted by molar-refractivity contribution is -0.193. The Bertz CT molecular complexity index is 1610. The number of piperazine rings is 1. The molecular weight excluding hydrogens is 623 g/mol. The number of alkyl halides is 3. The second-order valence-corrected chi connectivity index (χ2v) is 12.1. The van der Waals surface area contributed by atoms with Crippen molar-refractivity contribution < 1.29 is 46.7 Å². The largest absolute Gasteiger partial charge is 0.491 e. The van der Waals surface area contributed by atoms with E-state index in [9.17, 15) is 41.9 Å². The molecule has 1 N–H and O–H groups in total. The Morgan fingerprint density at radius 1 is 0.787 bits per heavy atom. The third-order valence-electron chi connectivity index (χ3n) is 9.18. The molecular formula is C32H32F3N5O7. The van der Waals surface area contributed by atoms with Crippen LogP contribution in [0, 0.1) is 5.92 Å². The molecule has 4 aliphatic rings. The Morgan fingerprint density at radius 2 is 1.40 bits per heavy atom. The number of anilines is 2. The Morgan fingerprint density at radius 3 is 2.04 bits per heavy atom. The van der Waals surface area contributed by atoms with Gasteiger partial charge < -0.3 is 14.5 Å². The fourth-order valence-electron chi connectivity index (χ4n) is 6.59. The topological polar surface area (TPSA) is 137 Å². The van der Waals surface area contributed by atoms with Gasteiger partial charge in [-0.2, -0.15) is 13.2 Å². The lowest BCUT2D eigenvalue weighted by Gasteiger charge is -2.40. The third-order valence-corrected chi connectivity index (χ3v) is 9.18. The molecule has 12 nitrogen and oxygen atoms in total. The highest BCUT2D eigenvalue weighted by molar-refractivity contribution is 6.23. The van der Waals surface area contributed by atoms with E-state index in [1.165, 1.54) is 12.1 Å². The van der Waals surface area contributed by atoms with E-state index in [4.69, 9.17) is 0 Å². The summed E-state index contributed by atoms with van der Waals surface area (Å²) in [7, 11) is 0. The van der Waals surface area contributed by atoms with Crippen LogP contribution in [0.1, 0.15) is 56.8 Å². The summed E-state index contributed by atoms with van der Waals surface area (Å²) in [6, 6.07) is 10.1. The van der Waals surface area contributed by atoms with Crippen LogP contribution in [0.3, 0.4) is 0 Å². The molecule has 4 aliphatic heterocycles. The zero-order valence-electron chi connectivity index (χ0n) is 25.3. The van der Waals surface area contributed by atoms with Crippen molar-refractivity contribution in [2.45, 2.75) is 37.9 Å². The van der Waals surface area contributed by atoms with Gasteiger partial charge in [-0.3, -0.25) is 34.3 Å². The van der Waals surface area contributed by atoms with Gasteiger partial charge in [-0.15, -0.1) is 0 Å². The van der Waals surface area contributed by atoms with E-state index in [-0.39, 0.29) is 29.5 Å². The summed E-state index contributed by atoms with van der Waals surface area (Å²) in [6.07, 6.45) is -3.19. The predicted octanol–water partition coefficient (Wildman–Crippen LogP) is 2.37. The molecule has 2 aromatic carbocycles. The van der Waals surface area contributed by atoms with Gasteiger partial charge in [0.25, 0.3) is 11.8 Å². The lowest BCUT2D eigenvalue weighted by atomic mass is 9.95. The molecule has 1 atom stereocenters. The Hall–Kier alpha value is -4.79. The molecule has 248 valence electrons. The van der Waals surface area contributed by atoms with Gasteiger partial charge in [0.1, 0.15) is 6.04 Å². The zero-order valence-corrected chi connectivity index (χ0v) is 25.3. The SMILES string of the molecule is O=C1CCC(N2C(=O)c3ccc(N4CCN(CC5CCN(c6ccc(C(=O)OC(=O)C(F)(F)F)cc6)CC5)CC4)cc3C2=O)C(=O)N1. The highest BCUT2D eigenvalue weighted by Crippen LogP contribution is 2.31. The number of hydrogen-bond donors (Lipinski definition) is 1. The molecule has 0 aromatic heterocycles. The number of halogens is 3. The van der Waals surface area contributed by atoms with E-state index >= 15 is 0 Å². The molecule has 3 fully saturated rings. The molecule has 0 spiro atoms. The van der Waals surface area contributed by atoms with E-state index in [2.05, 4.69) is 24.8 Å². The van der Waals surface area contributed by atoms with E-state index < -0.39 is 47.8 Å². The highest BCUT2D eigenvalue weighted by atomic mass is 19.4. The first-order valence-electron chi connectivity index (χ1n) is 15.4. The fourth-order valence-corrected chi connectivity index (χ4v) is 6.59. The Labute approximate surface area is 267 Å². The van der Waals surface area contributed by atoms with E-state index in [1.807, 2.05) is 6.07 Å². The number of ether oxygens (including phenoxy) is 1. The minimum Gasteiger partial charge on any atom is -0.383 e. The van der Waals surface area contributed by atoms with Crippen LogP contribution in [0.5, 0.6) is 0 Å². The van der Waals surface area contributed by atoms with Gasteiger partial charge in [0.2, 0.25) is 11.8 Å². The summed E-state index contributed by atoms with van der Waals surface area (Å²) in [5.41, 5.74) is 2.02. The van der Waals surface area contributed by atoms with E-state index in [0.717, 1.165) is 74.9 Å². The first-order chi connectivity index (χ1) is 22.4. The van der Waals surface area contributed by atoms with Gasteiger partial charge in [-0.1, -0.05) is 0 Å². The summed E-state index contributed by atoms with van der Waals surface area (Å²) in [6.45, 7) is 5.59. The van der Waals surface area contributed by atoms with Gasteiger partial charge >= 0.3 is 18.1 Å². The zero-order chi connectivity index (χ0) is 33.5. The standard InChI is InChI=1S/C32H32F3N5O7/c33-32(34,35)31(46)47-30(45)20-1-3-21(4-2-20)38-11-9-19(10-12-38)18-37-13-15-39(16-14-37)22-5-6-23-24(17-22)29(44)40(28(23)43)25-7-8-26(41)36-27(25)42/h1-6,17,19,25H,7-16,18H2,(H,36,41,42). The molecule has 1 unspecified atom stereocenters. The summed E-state index contributed by atoms with van der Waals surface area (Å²) >= 11 is 0. The van der Waals surface area contributed by atoms with E-state index in [0.29, 0.717) is 5.92 Å². The lowest BCUT2D eigenvalue weighted by Crippen LogP contribution is -2.54. The molecule has 0 aliphatic carbocycles. The van der Waals surface area contributed by atoms with Crippen LogP contribution < -0.4 is 15.1 Å². The van der Waals surface area contributed by atoms with Crippen molar-refractivity contribution in [1.29, 1.82) is 0 Å². The maximum absolute atomic E-state index is 13.2.